The molecule has 9 aromatic rings. The predicted octanol–water partition coefficient (Wildman–Crippen LogP) is 15.0. The Morgan fingerprint density at radius 2 is 0.758 bits per heavy atom. The molecule has 0 aliphatic heterocycles. The number of nitrogens with zero attached hydrogens (tertiary/aromatic N) is 4. The fourth-order valence-electron chi connectivity index (χ4n) is 21.5. The Hall–Kier alpha value is -4.44. The molecule has 0 atom stereocenters. The largest absolute Gasteiger partial charge is 0.306 e. The van der Waals surface area contributed by atoms with Gasteiger partial charge < -0.3 is 8.80 Å². The van der Waals surface area contributed by atoms with Crippen molar-refractivity contribution in [1.29, 1.82) is 0 Å². The summed E-state index contributed by atoms with van der Waals surface area (Å²) in [7, 11) is 0. The van der Waals surface area contributed by atoms with Gasteiger partial charge in [-0.1, -0.05) is 25.7 Å². The summed E-state index contributed by atoms with van der Waals surface area (Å²) in [6.07, 6.45) is 38.1. The number of hydrogen-bond acceptors (Lipinski definition) is 2. The SMILES string of the molecule is c1c(C23CC4CC(CC(C4)C2)C3)cc2c3c4c(ncc3n3c5cc6c7cc(C89CC%10CC(CC(C%10)C8)C9)cc8c9c%10c(ncc9n(c6cc5c1c23)c78)CC1(CCCC1)C%10)CC1(CCCC1)C4. The minimum Gasteiger partial charge on any atom is -0.306 e. The lowest BCUT2D eigenvalue weighted by Crippen LogP contribution is -2.48. The van der Waals surface area contributed by atoms with Crippen molar-refractivity contribution in [3.05, 3.63) is 82.4 Å². The second-order valence-electron chi connectivity index (χ2n) is 26.8. The minimum atomic E-state index is 0.339. The Labute approximate surface area is 387 Å². The zero-order valence-corrected chi connectivity index (χ0v) is 38.8. The van der Waals surface area contributed by atoms with Gasteiger partial charge in [-0.15, -0.1) is 0 Å². The van der Waals surface area contributed by atoms with E-state index in [9.17, 15) is 0 Å². The maximum absolute atomic E-state index is 5.47. The van der Waals surface area contributed by atoms with Gasteiger partial charge in [0.1, 0.15) is 0 Å². The number of hydrogen-bond donors (Lipinski definition) is 0. The molecule has 4 nitrogen and oxygen atoms in total. The van der Waals surface area contributed by atoms with Crippen LogP contribution in [0.4, 0.5) is 0 Å². The fourth-order valence-corrected chi connectivity index (χ4v) is 21.5. The third-order valence-corrected chi connectivity index (χ3v) is 23.2. The van der Waals surface area contributed by atoms with Crippen LogP contribution in [0.1, 0.15) is 162 Å². The van der Waals surface area contributed by atoms with Crippen LogP contribution < -0.4 is 0 Å². The molecule has 0 radical (unpaired) electrons. The minimum absolute atomic E-state index is 0.339. The standard InChI is InChI=1S/C62H62N4/c1-2-6-59(5-1)27-47-49(29-59)63-31-53-55(47)45-17-39(61-21-33-9-34(22-61)11-35(10-33)23-61)15-43-41-20-52-42(19-51(41)65(53)57(43)45)44-16-40(62-24-36-12-37(25-62)14-38(13-36)26-62)18-46-56-48-28-60(7-3-4-8-60)30-50(48)64-32-54(56)66(52)58(44)46/h15-20,31-38H,1-14,21-30H2. The fraction of sp³-hybridized carbons (Fsp3) is 0.548. The molecule has 8 bridgehead atoms. The van der Waals surface area contributed by atoms with Crippen molar-refractivity contribution >= 4 is 76.2 Å². The van der Waals surface area contributed by atoms with E-state index in [0.717, 1.165) is 35.5 Å². The number of rotatable bonds is 2. The Kier molecular flexibility index (Phi) is 6.14. The highest BCUT2D eigenvalue weighted by Crippen LogP contribution is 2.64. The smallest absolute Gasteiger partial charge is 0.0727 e. The summed E-state index contributed by atoms with van der Waals surface area (Å²) in [6, 6.07) is 16.5. The van der Waals surface area contributed by atoms with Crippen molar-refractivity contribution in [3.63, 3.8) is 0 Å². The summed E-state index contributed by atoms with van der Waals surface area (Å²) in [4.78, 5) is 10.9. The average Bonchev–Trinajstić information content (AvgIpc) is 4.18. The number of fused-ring (bicyclic) bond motifs is 16. The van der Waals surface area contributed by atoms with Crippen molar-refractivity contribution in [2.75, 3.05) is 0 Å². The van der Waals surface area contributed by atoms with E-state index >= 15 is 0 Å². The van der Waals surface area contributed by atoms with Crippen molar-refractivity contribution in [2.45, 2.75) is 165 Å². The first-order valence-corrected chi connectivity index (χ1v) is 27.6. The summed E-state index contributed by atoms with van der Waals surface area (Å²) in [6.45, 7) is 0. The monoisotopic (exact) mass is 862 g/mol. The van der Waals surface area contributed by atoms with Gasteiger partial charge in [-0.3, -0.25) is 9.97 Å². The number of aromatic nitrogens is 4. The van der Waals surface area contributed by atoms with Crippen LogP contribution in [0.2, 0.25) is 0 Å². The average molecular weight is 863 g/mol. The van der Waals surface area contributed by atoms with E-state index in [1.54, 1.807) is 43.8 Å². The molecule has 0 saturated heterocycles. The van der Waals surface area contributed by atoms with Crippen LogP contribution in [0.5, 0.6) is 0 Å². The predicted molar refractivity (Wildman–Crippen MR) is 268 cm³/mol. The second-order valence-corrected chi connectivity index (χ2v) is 26.8. The number of benzene rings is 3. The van der Waals surface area contributed by atoms with Crippen molar-refractivity contribution in [1.82, 2.24) is 18.8 Å². The zero-order chi connectivity index (χ0) is 42.2. The van der Waals surface area contributed by atoms with Crippen molar-refractivity contribution < 1.29 is 0 Å². The van der Waals surface area contributed by atoms with Gasteiger partial charge in [0.2, 0.25) is 0 Å². The molecule has 6 heterocycles. The van der Waals surface area contributed by atoms with Gasteiger partial charge in [-0.2, -0.15) is 0 Å². The highest BCUT2D eigenvalue weighted by atomic mass is 15.0. The van der Waals surface area contributed by atoms with Crippen molar-refractivity contribution in [2.24, 2.45) is 46.3 Å². The van der Waals surface area contributed by atoms with Gasteiger partial charge in [-0.05, 0) is 244 Å². The molecular weight excluding hydrogens is 801 g/mol. The van der Waals surface area contributed by atoms with E-state index in [1.165, 1.54) is 220 Å². The lowest BCUT2D eigenvalue weighted by molar-refractivity contribution is -0.00520. The summed E-state index contributed by atoms with van der Waals surface area (Å²) in [5.74, 6) is 5.57. The molecule has 12 aliphatic carbocycles. The summed E-state index contributed by atoms with van der Waals surface area (Å²) < 4.78 is 5.49. The number of pyridine rings is 2. The highest BCUT2D eigenvalue weighted by Gasteiger charge is 2.54. The summed E-state index contributed by atoms with van der Waals surface area (Å²) in [5, 5.41) is 12.2. The van der Waals surface area contributed by atoms with Crippen LogP contribution in [0, 0.1) is 46.3 Å². The third-order valence-electron chi connectivity index (χ3n) is 23.2. The molecule has 2 spiro atoms. The second kappa shape index (κ2) is 11.4. The molecule has 6 aromatic heterocycles. The Morgan fingerprint density at radius 1 is 0.394 bits per heavy atom. The van der Waals surface area contributed by atoms with Crippen LogP contribution >= 0.6 is 0 Å². The molecule has 10 fully saturated rings. The van der Waals surface area contributed by atoms with Gasteiger partial charge in [0.15, 0.2) is 0 Å². The maximum Gasteiger partial charge on any atom is 0.0727 e. The van der Waals surface area contributed by atoms with E-state index in [2.05, 4.69) is 57.6 Å². The van der Waals surface area contributed by atoms with Gasteiger partial charge in [0, 0.05) is 54.5 Å². The lowest BCUT2D eigenvalue weighted by atomic mass is 9.48. The first kappa shape index (κ1) is 35.7. The maximum atomic E-state index is 5.47. The quantitative estimate of drug-likeness (QED) is 0.174. The van der Waals surface area contributed by atoms with E-state index in [1.807, 2.05) is 0 Å². The van der Waals surface area contributed by atoms with Gasteiger partial charge >= 0.3 is 0 Å². The molecule has 10 saturated carbocycles. The van der Waals surface area contributed by atoms with Crippen LogP contribution in [0.25, 0.3) is 76.2 Å². The van der Waals surface area contributed by atoms with Crippen LogP contribution in [-0.4, -0.2) is 18.8 Å². The normalized spacial score (nSPS) is 34.5. The zero-order valence-electron chi connectivity index (χ0n) is 38.8. The topological polar surface area (TPSA) is 34.6 Å². The molecular formula is C62H62N4. The van der Waals surface area contributed by atoms with Gasteiger partial charge in [-0.25, -0.2) is 0 Å². The van der Waals surface area contributed by atoms with E-state index in [4.69, 9.17) is 9.97 Å². The lowest BCUT2D eigenvalue weighted by Gasteiger charge is -2.57. The molecule has 12 aliphatic rings. The van der Waals surface area contributed by atoms with Crippen LogP contribution in [0.15, 0.2) is 48.8 Å². The van der Waals surface area contributed by atoms with Crippen LogP contribution in [-0.2, 0) is 36.5 Å². The molecule has 66 heavy (non-hydrogen) atoms. The Morgan fingerprint density at radius 3 is 1.14 bits per heavy atom. The molecule has 4 heteroatoms. The van der Waals surface area contributed by atoms with Crippen LogP contribution in [0.3, 0.4) is 0 Å². The first-order valence-electron chi connectivity index (χ1n) is 27.6. The Bertz CT molecular complexity index is 3380. The molecule has 0 amide bonds. The molecule has 21 rings (SSSR count). The first-order chi connectivity index (χ1) is 32.4. The van der Waals surface area contributed by atoms with Crippen molar-refractivity contribution in [3.8, 4) is 0 Å². The molecule has 3 aromatic carbocycles. The van der Waals surface area contributed by atoms with E-state index < -0.39 is 0 Å². The van der Waals surface area contributed by atoms with E-state index in [0.29, 0.717) is 21.7 Å². The third kappa shape index (κ3) is 4.16. The van der Waals surface area contributed by atoms with E-state index in [-0.39, 0.29) is 0 Å². The Balaban J connectivity index is 0.931. The summed E-state index contributed by atoms with van der Waals surface area (Å²) >= 11 is 0. The summed E-state index contributed by atoms with van der Waals surface area (Å²) in [5.41, 5.74) is 19.5. The van der Waals surface area contributed by atoms with Gasteiger partial charge in [0.05, 0.1) is 45.5 Å². The molecule has 0 unspecified atom stereocenters. The highest BCUT2D eigenvalue weighted by molar-refractivity contribution is 6.29. The molecule has 0 N–H and O–H groups in total. The van der Waals surface area contributed by atoms with Gasteiger partial charge in [0.25, 0.3) is 0 Å². The molecule has 330 valence electrons.